The molecule has 0 aliphatic heterocycles. The quantitative estimate of drug-likeness (QED) is 0.163. The summed E-state index contributed by atoms with van der Waals surface area (Å²) in [5, 5.41) is -1.35. The maximum Gasteiger partial charge on any atom is 2.00 e. The number of ether oxygens (including phenoxy) is 3. The number of carbonyl (C=O) groups is 3. The molecule has 0 radical (unpaired) electrons. The molecule has 0 rings (SSSR count). The Morgan fingerprint density at radius 3 is 1.71 bits per heavy atom. The second-order valence-corrected chi connectivity index (χ2v) is 8.11. The number of hydrogen-bond donors (Lipinski definition) is 1. The molecule has 0 bridgehead atoms. The molecule has 28 heavy (non-hydrogen) atoms. The number of esters is 3. The average molecular weight is 449 g/mol. The zero-order valence-electron chi connectivity index (χ0n) is 18.6. The van der Waals surface area contributed by atoms with Gasteiger partial charge in [-0.05, 0) is 27.2 Å². The van der Waals surface area contributed by atoms with Crippen molar-refractivity contribution in [2.24, 2.45) is 5.41 Å². The first-order valence-electron chi connectivity index (χ1n) is 8.05. The van der Waals surface area contributed by atoms with Crippen molar-refractivity contribution in [2.45, 2.75) is 39.4 Å². The van der Waals surface area contributed by atoms with Crippen molar-refractivity contribution >= 4 is 65.8 Å². The molecular weight excluding hydrogens is 420 g/mol. The molecule has 9 nitrogen and oxygen atoms in total. The molecule has 0 saturated carbocycles. The topological polar surface area (TPSA) is 133 Å². The summed E-state index contributed by atoms with van der Waals surface area (Å²) in [7, 11) is -4.40. The Balaban J connectivity index is -0.00000113. The molecule has 1 atom stereocenters. The first-order chi connectivity index (χ1) is 12.3. The largest absolute Gasteiger partial charge is 2.00 e. The van der Waals surface area contributed by atoms with E-state index in [1.807, 2.05) is 0 Å². The van der Waals surface area contributed by atoms with E-state index in [1.54, 1.807) is 6.92 Å². The van der Waals surface area contributed by atoms with E-state index in [2.05, 4.69) is 13.2 Å². The minimum Gasteiger partial charge on any atom is -1.00 e. The van der Waals surface area contributed by atoms with Crippen LogP contribution in [0.25, 0.3) is 0 Å². The van der Waals surface area contributed by atoms with Crippen molar-refractivity contribution in [3.8, 4) is 0 Å². The van der Waals surface area contributed by atoms with Gasteiger partial charge in [-0.25, -0.2) is 9.59 Å². The van der Waals surface area contributed by atoms with Gasteiger partial charge < -0.3 is 17.1 Å². The van der Waals surface area contributed by atoms with E-state index in [0.29, 0.717) is 0 Å². The van der Waals surface area contributed by atoms with E-state index in [0.717, 1.165) is 6.92 Å². The third-order valence-electron chi connectivity index (χ3n) is 3.72. The van der Waals surface area contributed by atoms with E-state index in [1.165, 1.54) is 13.8 Å². The number of hydrogen-bond acceptors (Lipinski definition) is 8. The summed E-state index contributed by atoms with van der Waals surface area (Å²) >= 11 is 0. The van der Waals surface area contributed by atoms with Crippen LogP contribution < -0.4 is 0 Å². The average Bonchev–Trinajstić information content (AvgIpc) is 2.58. The third-order valence-corrected chi connectivity index (χ3v) is 4.88. The van der Waals surface area contributed by atoms with Crippen LogP contribution in [0.15, 0.2) is 24.3 Å². The second-order valence-electron chi connectivity index (χ2n) is 6.27. The second kappa shape index (κ2) is 12.6. The molecular formula is C17H28CaO9S. The molecule has 0 aromatic carbocycles. The van der Waals surface area contributed by atoms with Crippen molar-refractivity contribution in [1.29, 1.82) is 0 Å². The van der Waals surface area contributed by atoms with E-state index < -0.39 is 58.5 Å². The van der Waals surface area contributed by atoms with E-state index in [4.69, 9.17) is 18.8 Å². The van der Waals surface area contributed by atoms with Crippen molar-refractivity contribution in [3.63, 3.8) is 0 Å². The fourth-order valence-electron chi connectivity index (χ4n) is 1.59. The van der Waals surface area contributed by atoms with Crippen molar-refractivity contribution in [2.75, 3.05) is 19.8 Å². The van der Waals surface area contributed by atoms with E-state index in [9.17, 15) is 22.8 Å². The van der Waals surface area contributed by atoms with Gasteiger partial charge in [-0.1, -0.05) is 20.1 Å². The van der Waals surface area contributed by atoms with Crippen LogP contribution in [0.4, 0.5) is 0 Å². The van der Waals surface area contributed by atoms with Gasteiger partial charge >= 0.3 is 55.6 Å². The summed E-state index contributed by atoms with van der Waals surface area (Å²) in [4.78, 5) is 35.9. The monoisotopic (exact) mass is 448 g/mol. The molecule has 1 unspecified atom stereocenters. The summed E-state index contributed by atoms with van der Waals surface area (Å²) < 4.78 is 46.1. The van der Waals surface area contributed by atoms with Crippen LogP contribution >= 0.6 is 0 Å². The zero-order chi connectivity index (χ0) is 21.4. The van der Waals surface area contributed by atoms with Crippen LogP contribution in [-0.2, 0) is 38.7 Å². The molecule has 158 valence electrons. The van der Waals surface area contributed by atoms with Gasteiger partial charge in [-0.15, -0.1) is 0 Å². The van der Waals surface area contributed by atoms with Gasteiger partial charge in [0.15, 0.2) is 0 Å². The predicted octanol–water partition coefficient (Wildman–Crippen LogP) is 1.29. The Kier molecular flexibility index (Phi) is 13.2. The molecule has 0 heterocycles. The standard InChI is InChI=1S/C17H26O9S.Ca.2H/c1-7-17(9-25-14(18)11(2)3,10-26-15(19)12(4)5)16(20)24-8-13(6)27(21,22)23;;;/h13H,2,4,7-10H2,1,3,5-6H3,(H,21,22,23);;;/q;+2;2*-1. The van der Waals surface area contributed by atoms with Gasteiger partial charge in [0.2, 0.25) is 0 Å². The first-order valence-corrected chi connectivity index (χ1v) is 9.56. The molecule has 0 aliphatic rings. The van der Waals surface area contributed by atoms with Gasteiger partial charge in [0.25, 0.3) is 10.1 Å². The molecule has 1 N–H and O–H groups in total. The molecule has 0 saturated heterocycles. The molecule has 0 amide bonds. The van der Waals surface area contributed by atoms with Crippen LogP contribution in [-0.4, -0.2) is 93.7 Å². The summed E-state index contributed by atoms with van der Waals surface area (Å²) in [6.45, 7) is 10.9. The molecule has 0 aromatic rings. The molecule has 0 aliphatic carbocycles. The van der Waals surface area contributed by atoms with Gasteiger partial charge in [0.1, 0.15) is 30.5 Å². The normalized spacial score (nSPS) is 12.2. The number of rotatable bonds is 11. The van der Waals surface area contributed by atoms with Gasteiger partial charge in [-0.2, -0.15) is 8.42 Å². The first kappa shape index (κ1) is 29.3. The maximum atomic E-state index is 12.6. The van der Waals surface area contributed by atoms with Gasteiger partial charge in [0.05, 0.1) is 0 Å². The Labute approximate surface area is 198 Å². The van der Waals surface area contributed by atoms with Crippen LogP contribution in [0.5, 0.6) is 0 Å². The number of carbonyl (C=O) groups excluding carboxylic acids is 3. The third kappa shape index (κ3) is 9.51. The Bertz CT molecular complexity index is 693. The predicted molar refractivity (Wildman–Crippen MR) is 104 cm³/mol. The zero-order valence-corrected chi connectivity index (χ0v) is 19.7. The van der Waals surface area contributed by atoms with E-state index >= 15 is 0 Å². The summed E-state index contributed by atoms with van der Waals surface area (Å²) in [6, 6.07) is 0. The Morgan fingerprint density at radius 2 is 1.43 bits per heavy atom. The summed E-state index contributed by atoms with van der Waals surface area (Å²) in [5.74, 6) is -2.44. The van der Waals surface area contributed by atoms with Crippen LogP contribution in [0.2, 0.25) is 0 Å². The van der Waals surface area contributed by atoms with Gasteiger partial charge in [-0.3, -0.25) is 9.35 Å². The fraction of sp³-hybridized carbons (Fsp3) is 0.588. The minimum atomic E-state index is -4.40. The van der Waals surface area contributed by atoms with Crippen molar-refractivity contribution in [3.05, 3.63) is 24.3 Å². The smallest absolute Gasteiger partial charge is 1.00 e. The fourth-order valence-corrected chi connectivity index (χ4v) is 1.83. The van der Waals surface area contributed by atoms with Crippen molar-refractivity contribution in [1.82, 2.24) is 0 Å². The summed E-state index contributed by atoms with van der Waals surface area (Å²) in [5.41, 5.74) is -1.35. The molecule has 11 heteroatoms. The minimum absolute atomic E-state index is 0. The Morgan fingerprint density at radius 1 is 1.04 bits per heavy atom. The molecule has 0 aromatic heterocycles. The van der Waals surface area contributed by atoms with E-state index in [-0.39, 0.29) is 58.2 Å². The van der Waals surface area contributed by atoms with Gasteiger partial charge in [0, 0.05) is 11.1 Å². The van der Waals surface area contributed by atoms with Crippen molar-refractivity contribution < 1.29 is 44.4 Å². The van der Waals surface area contributed by atoms with Crippen LogP contribution in [0.1, 0.15) is 37.0 Å². The molecule has 0 fully saturated rings. The summed E-state index contributed by atoms with van der Waals surface area (Å²) in [6.07, 6.45) is 0.0546. The van der Waals surface area contributed by atoms with Crippen LogP contribution in [0.3, 0.4) is 0 Å². The van der Waals surface area contributed by atoms with Crippen LogP contribution in [0, 0.1) is 5.41 Å². The Hall–Kier alpha value is -0.940. The SMILES string of the molecule is C=C(C)C(=O)OCC(CC)(COC(=O)C(=C)C)C(=O)OCC(C)S(=O)(=O)O.[Ca+2].[H-].[H-]. The maximum absolute atomic E-state index is 12.6. The molecule has 0 spiro atoms.